The number of thiophene rings is 1. The molecule has 1 fully saturated rings. The van der Waals surface area contributed by atoms with Crippen molar-refractivity contribution in [1.29, 1.82) is 5.26 Å². The molecule has 0 spiro atoms. The predicted molar refractivity (Wildman–Crippen MR) is 86.2 cm³/mol. The third-order valence-corrected chi connectivity index (χ3v) is 5.05. The van der Waals surface area contributed by atoms with E-state index in [2.05, 4.69) is 21.7 Å². The number of carbonyl (C=O) groups excluding carboxylic acids is 2. The Bertz CT molecular complexity index is 725. The van der Waals surface area contributed by atoms with E-state index in [0.29, 0.717) is 10.6 Å². The van der Waals surface area contributed by atoms with Gasteiger partial charge in [-0.15, -0.1) is 11.3 Å². The molecule has 0 aromatic carbocycles. The van der Waals surface area contributed by atoms with E-state index in [1.165, 1.54) is 22.4 Å². The van der Waals surface area contributed by atoms with Crippen LogP contribution >= 0.6 is 23.6 Å². The van der Waals surface area contributed by atoms with Gasteiger partial charge in [-0.2, -0.15) is 5.26 Å². The highest BCUT2D eigenvalue weighted by atomic mass is 32.1. The molecule has 2 N–H and O–H groups in total. The van der Waals surface area contributed by atoms with Crippen LogP contribution in [0.1, 0.15) is 28.8 Å². The van der Waals surface area contributed by atoms with Crippen LogP contribution in [0.2, 0.25) is 0 Å². The monoisotopic (exact) mass is 332 g/mol. The summed E-state index contributed by atoms with van der Waals surface area (Å²) in [5.41, 5.74) is 1.65. The Kier molecular flexibility index (Phi) is 4.00. The van der Waals surface area contributed by atoms with Crippen molar-refractivity contribution in [2.45, 2.75) is 25.7 Å². The fourth-order valence-corrected chi connectivity index (χ4v) is 3.96. The summed E-state index contributed by atoms with van der Waals surface area (Å²) in [5.74, 6) is -2.04. The summed E-state index contributed by atoms with van der Waals surface area (Å²) in [7, 11) is 0. The zero-order chi connectivity index (χ0) is 15.7. The second-order valence-corrected chi connectivity index (χ2v) is 6.56. The van der Waals surface area contributed by atoms with Gasteiger partial charge in [0.1, 0.15) is 11.1 Å². The molecule has 1 saturated heterocycles. The fourth-order valence-electron chi connectivity index (χ4n) is 2.56. The molecule has 1 aromatic rings. The maximum Gasteiger partial charge on any atom is 0.244 e. The molecule has 112 valence electrons. The molecule has 1 aromatic heterocycles. The summed E-state index contributed by atoms with van der Waals surface area (Å²) in [6.45, 7) is 0. The highest BCUT2D eigenvalue weighted by Crippen LogP contribution is 2.39. The van der Waals surface area contributed by atoms with Crippen LogP contribution in [0.3, 0.4) is 0 Å². The third kappa shape index (κ3) is 2.65. The SMILES string of the molecule is N#Cc1c(N=CC2C(=O)NC(=S)NC2=O)sc2c1CCCC2. The van der Waals surface area contributed by atoms with E-state index in [-0.39, 0.29) is 5.11 Å². The number of nitrogens with one attached hydrogen (secondary N) is 2. The summed E-state index contributed by atoms with van der Waals surface area (Å²) in [5, 5.41) is 14.7. The number of amides is 2. The van der Waals surface area contributed by atoms with Crippen molar-refractivity contribution in [1.82, 2.24) is 10.6 Å². The molecule has 0 atom stereocenters. The summed E-state index contributed by atoms with van der Waals surface area (Å²) in [6, 6.07) is 2.20. The topological polar surface area (TPSA) is 94.3 Å². The largest absolute Gasteiger partial charge is 0.302 e. The number of hydrogen-bond donors (Lipinski definition) is 2. The molecular formula is C14H12N4O2S2. The highest BCUT2D eigenvalue weighted by molar-refractivity contribution is 7.80. The minimum absolute atomic E-state index is 0.00366. The molecule has 2 amide bonds. The number of nitrogens with zero attached hydrogens (tertiary/aromatic N) is 2. The van der Waals surface area contributed by atoms with Crippen molar-refractivity contribution >= 4 is 51.7 Å². The van der Waals surface area contributed by atoms with Gasteiger partial charge in [0.25, 0.3) is 0 Å². The first-order chi connectivity index (χ1) is 10.6. The van der Waals surface area contributed by atoms with Gasteiger partial charge < -0.3 is 10.6 Å². The number of thiocarbonyl (C=S) groups is 1. The Morgan fingerprint density at radius 1 is 1.27 bits per heavy atom. The normalized spacial score (nSPS) is 18.8. The van der Waals surface area contributed by atoms with Crippen LogP contribution in [0.4, 0.5) is 5.00 Å². The first-order valence-electron chi connectivity index (χ1n) is 6.84. The summed E-state index contributed by atoms with van der Waals surface area (Å²) >= 11 is 6.21. The second-order valence-electron chi connectivity index (χ2n) is 5.07. The maximum atomic E-state index is 11.8. The van der Waals surface area contributed by atoms with Gasteiger partial charge in [0, 0.05) is 11.1 Å². The molecule has 22 heavy (non-hydrogen) atoms. The molecule has 0 radical (unpaired) electrons. The lowest BCUT2D eigenvalue weighted by Gasteiger charge is -2.19. The average molecular weight is 332 g/mol. The number of fused-ring (bicyclic) bond motifs is 1. The third-order valence-electron chi connectivity index (χ3n) is 3.64. The van der Waals surface area contributed by atoms with Crippen molar-refractivity contribution in [2.75, 3.05) is 0 Å². The van der Waals surface area contributed by atoms with E-state index < -0.39 is 17.7 Å². The molecule has 2 heterocycles. The van der Waals surface area contributed by atoms with Gasteiger partial charge in [-0.25, -0.2) is 4.99 Å². The maximum absolute atomic E-state index is 11.8. The van der Waals surface area contributed by atoms with Gasteiger partial charge in [-0.05, 0) is 43.5 Å². The van der Waals surface area contributed by atoms with E-state index in [9.17, 15) is 14.9 Å². The Hall–Kier alpha value is -2.11. The molecule has 8 heteroatoms. The number of nitriles is 1. The quantitative estimate of drug-likeness (QED) is 0.485. The van der Waals surface area contributed by atoms with Crippen molar-refractivity contribution in [3.8, 4) is 6.07 Å². The summed E-state index contributed by atoms with van der Waals surface area (Å²) in [4.78, 5) is 29.0. The average Bonchev–Trinajstić information content (AvgIpc) is 2.83. The van der Waals surface area contributed by atoms with Crippen LogP contribution in [-0.4, -0.2) is 23.1 Å². The van der Waals surface area contributed by atoms with Gasteiger partial charge in [-0.3, -0.25) is 9.59 Å². The Morgan fingerprint density at radius 3 is 2.64 bits per heavy atom. The standard InChI is InChI=1S/C14H12N4O2S2/c15-5-8-7-3-1-2-4-10(7)22-13(8)16-6-9-11(19)17-14(21)18-12(9)20/h6,9H,1-4H2,(H2,17,18,19,20,21). The number of hydrogen-bond acceptors (Lipinski definition) is 6. The van der Waals surface area contributed by atoms with Crippen molar-refractivity contribution in [2.24, 2.45) is 10.9 Å². The Morgan fingerprint density at radius 2 is 1.95 bits per heavy atom. The molecule has 3 rings (SSSR count). The van der Waals surface area contributed by atoms with E-state index in [1.807, 2.05) is 0 Å². The Labute approximate surface area is 136 Å². The number of aryl methyl sites for hydroxylation is 1. The number of aliphatic imine (C=N–C) groups is 1. The Balaban J connectivity index is 1.88. The zero-order valence-corrected chi connectivity index (χ0v) is 13.1. The van der Waals surface area contributed by atoms with Crippen LogP contribution in [-0.2, 0) is 22.4 Å². The van der Waals surface area contributed by atoms with E-state index in [1.54, 1.807) is 0 Å². The minimum Gasteiger partial charge on any atom is -0.302 e. The zero-order valence-electron chi connectivity index (χ0n) is 11.5. The van der Waals surface area contributed by atoms with Crippen LogP contribution in [0.25, 0.3) is 0 Å². The number of rotatable bonds is 2. The summed E-state index contributed by atoms with van der Waals surface area (Å²) in [6.07, 6.45) is 5.33. The molecular weight excluding hydrogens is 320 g/mol. The molecule has 1 aliphatic carbocycles. The van der Waals surface area contributed by atoms with Gasteiger partial charge in [0.2, 0.25) is 11.8 Å². The van der Waals surface area contributed by atoms with Gasteiger partial charge >= 0.3 is 0 Å². The van der Waals surface area contributed by atoms with E-state index in [0.717, 1.165) is 31.2 Å². The van der Waals surface area contributed by atoms with Crippen molar-refractivity contribution < 1.29 is 9.59 Å². The van der Waals surface area contributed by atoms with E-state index in [4.69, 9.17) is 12.2 Å². The van der Waals surface area contributed by atoms with Crippen molar-refractivity contribution in [3.63, 3.8) is 0 Å². The molecule has 0 unspecified atom stereocenters. The smallest absolute Gasteiger partial charge is 0.244 e. The van der Waals surface area contributed by atoms with Crippen molar-refractivity contribution in [3.05, 3.63) is 16.0 Å². The molecule has 0 saturated carbocycles. The lowest BCUT2D eigenvalue weighted by atomic mass is 9.96. The molecule has 2 aliphatic rings. The molecule has 1 aliphatic heterocycles. The van der Waals surface area contributed by atoms with E-state index >= 15 is 0 Å². The number of carbonyl (C=O) groups is 2. The molecule has 6 nitrogen and oxygen atoms in total. The lowest BCUT2D eigenvalue weighted by molar-refractivity contribution is -0.131. The summed E-state index contributed by atoms with van der Waals surface area (Å²) < 4.78 is 0. The fraction of sp³-hybridized carbons (Fsp3) is 0.357. The van der Waals surface area contributed by atoms with Crippen LogP contribution in [0.15, 0.2) is 4.99 Å². The van der Waals surface area contributed by atoms with Gasteiger partial charge in [-0.1, -0.05) is 0 Å². The second kappa shape index (κ2) is 5.94. The predicted octanol–water partition coefficient (Wildman–Crippen LogP) is 1.35. The lowest BCUT2D eigenvalue weighted by Crippen LogP contribution is -2.56. The van der Waals surface area contributed by atoms with Gasteiger partial charge in [0.15, 0.2) is 11.0 Å². The van der Waals surface area contributed by atoms with Crippen LogP contribution in [0, 0.1) is 17.2 Å². The molecule has 0 bridgehead atoms. The van der Waals surface area contributed by atoms with Gasteiger partial charge in [0.05, 0.1) is 5.56 Å². The van der Waals surface area contributed by atoms with Crippen LogP contribution in [0.5, 0.6) is 0 Å². The minimum atomic E-state index is -1.03. The first-order valence-corrected chi connectivity index (χ1v) is 8.07. The van der Waals surface area contributed by atoms with Crippen LogP contribution < -0.4 is 10.6 Å². The highest BCUT2D eigenvalue weighted by Gasteiger charge is 2.31. The first kappa shape index (κ1) is 14.8.